The fraction of sp³-hybridized carbons (Fsp3) is 0.375. The van der Waals surface area contributed by atoms with Gasteiger partial charge in [-0.3, -0.25) is 10.00 Å². The van der Waals surface area contributed by atoms with E-state index < -0.39 is 0 Å². The molecule has 3 N–H and O–H groups in total. The number of nitrogens with one attached hydrogen (secondary N) is 1. The van der Waals surface area contributed by atoms with Crippen molar-refractivity contribution < 1.29 is 4.74 Å². The normalized spacial score (nSPS) is 24.4. The molecule has 2 aliphatic rings. The van der Waals surface area contributed by atoms with E-state index in [4.69, 9.17) is 10.5 Å². The summed E-state index contributed by atoms with van der Waals surface area (Å²) in [5.74, 6) is 0.860. The van der Waals surface area contributed by atoms with Crippen LogP contribution in [-0.4, -0.2) is 40.3 Å². The van der Waals surface area contributed by atoms with Gasteiger partial charge in [0.1, 0.15) is 11.9 Å². The Labute approximate surface area is 185 Å². The molecule has 1 aliphatic heterocycles. The van der Waals surface area contributed by atoms with Gasteiger partial charge in [-0.1, -0.05) is 40.2 Å². The number of aromatic nitrogens is 2. The Balaban J connectivity index is 1.53. The molecule has 0 bridgehead atoms. The van der Waals surface area contributed by atoms with Crippen molar-refractivity contribution in [3.05, 3.63) is 70.3 Å². The van der Waals surface area contributed by atoms with Crippen LogP contribution >= 0.6 is 15.9 Å². The van der Waals surface area contributed by atoms with Crippen molar-refractivity contribution >= 4 is 15.9 Å². The van der Waals surface area contributed by atoms with Crippen LogP contribution in [-0.2, 0) is 6.42 Å². The van der Waals surface area contributed by atoms with Crippen LogP contribution in [0.5, 0.6) is 5.75 Å². The SMILES string of the molecule is N[C@@H]1CCCN([C@H]2CCc3ccccc3[C@@H]2Oc2ccc(Br)cc2-c2cc[nH]n2)C1. The van der Waals surface area contributed by atoms with Crippen molar-refractivity contribution in [1.82, 2.24) is 15.1 Å². The Kier molecular flexibility index (Phi) is 5.63. The van der Waals surface area contributed by atoms with Crippen LogP contribution in [0.3, 0.4) is 0 Å². The second-order valence-electron chi connectivity index (χ2n) is 8.34. The molecule has 3 atom stereocenters. The van der Waals surface area contributed by atoms with Crippen molar-refractivity contribution in [3.8, 4) is 17.0 Å². The lowest BCUT2D eigenvalue weighted by Crippen LogP contribution is -2.51. The maximum Gasteiger partial charge on any atom is 0.139 e. The Morgan fingerprint density at radius 3 is 2.87 bits per heavy atom. The molecule has 156 valence electrons. The van der Waals surface area contributed by atoms with Gasteiger partial charge in [-0.25, -0.2) is 0 Å². The summed E-state index contributed by atoms with van der Waals surface area (Å²) in [6, 6.07) is 17.4. The highest BCUT2D eigenvalue weighted by molar-refractivity contribution is 9.10. The fourth-order valence-corrected chi connectivity index (χ4v) is 5.27. The van der Waals surface area contributed by atoms with Gasteiger partial charge in [0.15, 0.2) is 0 Å². The highest BCUT2D eigenvalue weighted by atomic mass is 79.9. The van der Waals surface area contributed by atoms with Gasteiger partial charge < -0.3 is 10.5 Å². The molecule has 0 spiro atoms. The lowest BCUT2D eigenvalue weighted by atomic mass is 9.84. The van der Waals surface area contributed by atoms with Crippen LogP contribution < -0.4 is 10.5 Å². The minimum Gasteiger partial charge on any atom is -0.483 e. The maximum absolute atomic E-state index is 6.84. The number of benzene rings is 2. The summed E-state index contributed by atoms with van der Waals surface area (Å²) in [5.41, 5.74) is 10.9. The van der Waals surface area contributed by atoms with Gasteiger partial charge in [-0.05, 0) is 67.6 Å². The molecule has 5 rings (SSSR count). The van der Waals surface area contributed by atoms with E-state index in [1.54, 1.807) is 0 Å². The van der Waals surface area contributed by atoms with Gasteiger partial charge in [0, 0.05) is 28.8 Å². The van der Waals surface area contributed by atoms with Gasteiger partial charge >= 0.3 is 0 Å². The Morgan fingerprint density at radius 2 is 2.03 bits per heavy atom. The molecule has 2 aromatic carbocycles. The minimum atomic E-state index is -0.0286. The van der Waals surface area contributed by atoms with E-state index in [0.29, 0.717) is 6.04 Å². The van der Waals surface area contributed by atoms with E-state index in [2.05, 4.69) is 61.4 Å². The molecule has 5 nitrogen and oxygen atoms in total. The van der Waals surface area contributed by atoms with E-state index in [1.165, 1.54) is 11.1 Å². The number of aryl methyl sites for hydroxylation is 1. The number of likely N-dealkylation sites (tertiary alicyclic amines) is 1. The molecule has 30 heavy (non-hydrogen) atoms. The van der Waals surface area contributed by atoms with Crippen LogP contribution in [0.15, 0.2) is 59.2 Å². The van der Waals surface area contributed by atoms with Gasteiger partial charge in [-0.2, -0.15) is 5.10 Å². The standard InChI is InChI=1S/C24H27BrN4O/c25-17-8-10-23(20(14-17)21-11-12-27-28-21)30-24-19-6-2-1-4-16(19)7-9-22(24)29-13-3-5-18(26)15-29/h1-2,4,6,8,10-12,14,18,22,24H,3,5,7,9,13,15,26H2,(H,27,28)/t18-,22+,24+/m1/s1. The van der Waals surface area contributed by atoms with Crippen molar-refractivity contribution in [2.75, 3.05) is 13.1 Å². The van der Waals surface area contributed by atoms with E-state index in [1.807, 2.05) is 24.4 Å². The molecule has 0 radical (unpaired) electrons. The van der Waals surface area contributed by atoms with E-state index >= 15 is 0 Å². The fourth-order valence-electron chi connectivity index (χ4n) is 4.91. The monoisotopic (exact) mass is 466 g/mol. The summed E-state index contributed by atoms with van der Waals surface area (Å²) >= 11 is 3.60. The van der Waals surface area contributed by atoms with Crippen LogP contribution in [0.4, 0.5) is 0 Å². The summed E-state index contributed by atoms with van der Waals surface area (Å²) in [7, 11) is 0. The summed E-state index contributed by atoms with van der Waals surface area (Å²) in [6.07, 6.45) is 6.25. The predicted molar refractivity (Wildman–Crippen MR) is 122 cm³/mol. The van der Waals surface area contributed by atoms with Gasteiger partial charge in [0.05, 0.1) is 11.7 Å². The number of hydrogen-bond acceptors (Lipinski definition) is 4. The van der Waals surface area contributed by atoms with E-state index in [0.717, 1.165) is 60.3 Å². The molecule has 1 aliphatic carbocycles. The smallest absolute Gasteiger partial charge is 0.139 e. The first-order valence-corrected chi connectivity index (χ1v) is 11.5. The zero-order valence-corrected chi connectivity index (χ0v) is 18.5. The lowest BCUT2D eigenvalue weighted by Gasteiger charge is -2.43. The largest absolute Gasteiger partial charge is 0.483 e. The molecule has 0 unspecified atom stereocenters. The predicted octanol–water partition coefficient (Wildman–Crippen LogP) is 4.70. The number of H-pyrrole nitrogens is 1. The quantitative estimate of drug-likeness (QED) is 0.584. The third-order valence-electron chi connectivity index (χ3n) is 6.35. The number of nitrogens with zero attached hydrogens (tertiary/aromatic N) is 2. The number of halogens is 1. The molecular formula is C24H27BrN4O. The lowest BCUT2D eigenvalue weighted by molar-refractivity contribution is 0.0370. The van der Waals surface area contributed by atoms with Gasteiger partial charge in [-0.15, -0.1) is 0 Å². The molecule has 3 aromatic rings. The Bertz CT molecular complexity index is 1010. The number of ether oxygens (including phenoxy) is 1. The van der Waals surface area contributed by atoms with E-state index in [9.17, 15) is 0 Å². The van der Waals surface area contributed by atoms with Crippen LogP contribution in [0, 0.1) is 0 Å². The number of fused-ring (bicyclic) bond motifs is 1. The molecule has 0 saturated carbocycles. The average molecular weight is 467 g/mol. The number of piperidine rings is 1. The summed E-state index contributed by atoms with van der Waals surface area (Å²) in [5, 5.41) is 7.31. The molecule has 1 aromatic heterocycles. The number of nitrogens with two attached hydrogens (primary N) is 1. The summed E-state index contributed by atoms with van der Waals surface area (Å²) in [6.45, 7) is 2.03. The Hall–Kier alpha value is -2.15. The van der Waals surface area contributed by atoms with Crippen molar-refractivity contribution in [2.45, 2.75) is 43.9 Å². The number of aromatic amines is 1. The highest BCUT2D eigenvalue weighted by Gasteiger charge is 2.37. The first-order valence-electron chi connectivity index (χ1n) is 10.7. The first kappa shape index (κ1) is 19.8. The number of hydrogen-bond donors (Lipinski definition) is 2. The molecule has 1 fully saturated rings. The third-order valence-corrected chi connectivity index (χ3v) is 6.84. The average Bonchev–Trinajstić information content (AvgIpc) is 3.30. The Morgan fingerprint density at radius 1 is 1.13 bits per heavy atom. The van der Waals surface area contributed by atoms with Crippen molar-refractivity contribution in [3.63, 3.8) is 0 Å². The van der Waals surface area contributed by atoms with E-state index in [-0.39, 0.29) is 12.1 Å². The van der Waals surface area contributed by atoms with Crippen molar-refractivity contribution in [1.29, 1.82) is 0 Å². The minimum absolute atomic E-state index is 0.0286. The van der Waals surface area contributed by atoms with Crippen LogP contribution in [0.1, 0.15) is 36.5 Å². The van der Waals surface area contributed by atoms with Crippen molar-refractivity contribution in [2.24, 2.45) is 5.73 Å². The zero-order chi connectivity index (χ0) is 20.5. The molecule has 1 saturated heterocycles. The van der Waals surface area contributed by atoms with Gasteiger partial charge in [0.25, 0.3) is 0 Å². The number of rotatable bonds is 4. The molecule has 0 amide bonds. The molecule has 2 heterocycles. The van der Waals surface area contributed by atoms with Crippen LogP contribution in [0.25, 0.3) is 11.3 Å². The summed E-state index contributed by atoms with van der Waals surface area (Å²) in [4.78, 5) is 2.56. The first-order chi connectivity index (χ1) is 14.7. The summed E-state index contributed by atoms with van der Waals surface area (Å²) < 4.78 is 7.85. The third kappa shape index (κ3) is 3.92. The zero-order valence-electron chi connectivity index (χ0n) is 16.9. The van der Waals surface area contributed by atoms with Gasteiger partial charge in [0.2, 0.25) is 0 Å². The second-order valence-corrected chi connectivity index (χ2v) is 9.26. The van der Waals surface area contributed by atoms with Crippen LogP contribution in [0.2, 0.25) is 0 Å². The highest BCUT2D eigenvalue weighted by Crippen LogP contribution is 2.40. The molecule has 6 heteroatoms. The second kappa shape index (κ2) is 8.53. The maximum atomic E-state index is 6.84. The molecular weight excluding hydrogens is 440 g/mol. The topological polar surface area (TPSA) is 67.2 Å².